The molecular weight excluding hydrogens is 166 g/mol. The lowest BCUT2D eigenvalue weighted by Gasteiger charge is -1.99. The Kier molecular flexibility index (Phi) is 1.70. The van der Waals surface area contributed by atoms with E-state index in [9.17, 15) is 0 Å². The quantitative estimate of drug-likeness (QED) is 0.467. The highest BCUT2D eigenvalue weighted by Crippen LogP contribution is 2.20. The molecule has 2 heteroatoms. The normalized spacial score (nSPS) is 10.4. The minimum Gasteiger partial charge on any atom is -0.399 e. The number of hydrogen-bond donors (Lipinski definition) is 2. The molecule has 2 aromatic carbocycles. The van der Waals surface area contributed by atoms with E-state index in [1.807, 2.05) is 36.4 Å². The first-order valence-electron chi connectivity index (χ1n) is 3.74. The van der Waals surface area contributed by atoms with Gasteiger partial charge in [0, 0.05) is 10.6 Å². The monoisotopic (exact) mass is 175 g/mol. The van der Waals surface area contributed by atoms with Gasteiger partial charge in [-0.2, -0.15) is 0 Å². The van der Waals surface area contributed by atoms with Crippen LogP contribution in [-0.4, -0.2) is 0 Å². The number of anilines is 1. The lowest BCUT2D eigenvalue weighted by molar-refractivity contribution is 1.52. The molecule has 0 radical (unpaired) electrons. The molecule has 0 saturated heterocycles. The summed E-state index contributed by atoms with van der Waals surface area (Å²) in [4.78, 5) is 0.979. The molecule has 60 valence electrons. The van der Waals surface area contributed by atoms with Crippen LogP contribution in [0.2, 0.25) is 0 Å². The van der Waals surface area contributed by atoms with Gasteiger partial charge in [0.1, 0.15) is 0 Å². The second kappa shape index (κ2) is 2.72. The number of nitrogen functional groups attached to an aromatic ring is 1. The SMILES string of the molecule is Nc1ccc2cc(S)ccc2c1. The smallest absolute Gasteiger partial charge is 0.0320 e. The zero-order valence-electron chi connectivity index (χ0n) is 6.49. The van der Waals surface area contributed by atoms with Crippen molar-refractivity contribution in [1.29, 1.82) is 0 Å². The molecule has 0 aromatic heterocycles. The largest absolute Gasteiger partial charge is 0.399 e. The fourth-order valence-electron chi connectivity index (χ4n) is 1.25. The minimum atomic E-state index is 0.800. The molecule has 0 aliphatic heterocycles. The van der Waals surface area contributed by atoms with Gasteiger partial charge in [-0.25, -0.2) is 0 Å². The van der Waals surface area contributed by atoms with Gasteiger partial charge in [0.2, 0.25) is 0 Å². The summed E-state index contributed by atoms with van der Waals surface area (Å²) in [5.74, 6) is 0. The summed E-state index contributed by atoms with van der Waals surface area (Å²) >= 11 is 4.25. The van der Waals surface area contributed by atoms with Crippen molar-refractivity contribution >= 4 is 29.1 Å². The average molecular weight is 175 g/mol. The van der Waals surface area contributed by atoms with Crippen LogP contribution in [0.1, 0.15) is 0 Å². The molecule has 0 bridgehead atoms. The maximum absolute atomic E-state index is 5.64. The molecule has 1 nitrogen and oxygen atoms in total. The van der Waals surface area contributed by atoms with E-state index in [1.165, 1.54) is 5.39 Å². The van der Waals surface area contributed by atoms with Crippen LogP contribution in [0.15, 0.2) is 41.3 Å². The van der Waals surface area contributed by atoms with Gasteiger partial charge in [0.05, 0.1) is 0 Å². The zero-order chi connectivity index (χ0) is 8.55. The van der Waals surface area contributed by atoms with E-state index < -0.39 is 0 Å². The number of nitrogens with two attached hydrogens (primary N) is 1. The fraction of sp³-hybridized carbons (Fsp3) is 0. The number of hydrogen-bond acceptors (Lipinski definition) is 2. The zero-order valence-corrected chi connectivity index (χ0v) is 7.38. The molecule has 2 rings (SSSR count). The topological polar surface area (TPSA) is 26.0 Å². The number of rotatable bonds is 0. The van der Waals surface area contributed by atoms with Gasteiger partial charge in [-0.15, -0.1) is 12.6 Å². The highest BCUT2D eigenvalue weighted by molar-refractivity contribution is 7.80. The van der Waals surface area contributed by atoms with Crippen LogP contribution < -0.4 is 5.73 Å². The van der Waals surface area contributed by atoms with Crippen molar-refractivity contribution in [1.82, 2.24) is 0 Å². The Hall–Kier alpha value is -1.15. The highest BCUT2D eigenvalue weighted by atomic mass is 32.1. The molecule has 0 saturated carbocycles. The van der Waals surface area contributed by atoms with E-state index in [4.69, 9.17) is 5.73 Å². The number of thiol groups is 1. The first-order chi connectivity index (χ1) is 5.75. The summed E-state index contributed by atoms with van der Waals surface area (Å²) in [5, 5.41) is 2.34. The second-order valence-corrected chi connectivity index (χ2v) is 3.31. The van der Waals surface area contributed by atoms with Gasteiger partial charge in [-0.05, 0) is 35.0 Å². The standard InChI is InChI=1S/C10H9NS/c11-9-3-1-8-6-10(12)4-2-7(8)5-9/h1-6,12H,11H2. The molecule has 0 fully saturated rings. The maximum Gasteiger partial charge on any atom is 0.0320 e. The van der Waals surface area contributed by atoms with E-state index in [1.54, 1.807) is 0 Å². The van der Waals surface area contributed by atoms with E-state index in [0.29, 0.717) is 0 Å². The first kappa shape index (κ1) is 7.50. The lowest BCUT2D eigenvalue weighted by Crippen LogP contribution is -1.83. The van der Waals surface area contributed by atoms with Crippen LogP contribution in [0.25, 0.3) is 10.8 Å². The van der Waals surface area contributed by atoms with E-state index in [-0.39, 0.29) is 0 Å². The molecular formula is C10H9NS. The molecule has 0 unspecified atom stereocenters. The van der Waals surface area contributed by atoms with E-state index in [2.05, 4.69) is 12.6 Å². The third-order valence-corrected chi connectivity index (χ3v) is 2.13. The van der Waals surface area contributed by atoms with Crippen molar-refractivity contribution in [3.63, 3.8) is 0 Å². The molecule has 0 aliphatic carbocycles. The van der Waals surface area contributed by atoms with Crippen LogP contribution >= 0.6 is 12.6 Å². The van der Waals surface area contributed by atoms with E-state index in [0.717, 1.165) is 16.0 Å². The minimum absolute atomic E-state index is 0.800. The first-order valence-corrected chi connectivity index (χ1v) is 4.19. The summed E-state index contributed by atoms with van der Waals surface area (Å²) in [5.41, 5.74) is 6.44. The van der Waals surface area contributed by atoms with Crippen LogP contribution in [0.5, 0.6) is 0 Å². The summed E-state index contributed by atoms with van der Waals surface area (Å²) in [7, 11) is 0. The molecule has 0 aliphatic rings. The van der Waals surface area contributed by atoms with E-state index >= 15 is 0 Å². The van der Waals surface area contributed by atoms with Crippen molar-refractivity contribution in [2.24, 2.45) is 0 Å². The molecule has 2 aromatic rings. The van der Waals surface area contributed by atoms with Crippen molar-refractivity contribution in [2.45, 2.75) is 4.90 Å². The highest BCUT2D eigenvalue weighted by Gasteiger charge is 1.93. The molecule has 12 heavy (non-hydrogen) atoms. The summed E-state index contributed by atoms with van der Waals surface area (Å²) in [6.07, 6.45) is 0. The Morgan fingerprint density at radius 1 is 0.917 bits per heavy atom. The molecule has 0 heterocycles. The van der Waals surface area contributed by atoms with Crippen molar-refractivity contribution in [3.8, 4) is 0 Å². The Morgan fingerprint density at radius 2 is 1.58 bits per heavy atom. The molecule has 0 amide bonds. The third-order valence-electron chi connectivity index (χ3n) is 1.85. The lowest BCUT2D eigenvalue weighted by atomic mass is 10.1. The van der Waals surface area contributed by atoms with Gasteiger partial charge in [0.25, 0.3) is 0 Å². The van der Waals surface area contributed by atoms with Gasteiger partial charge >= 0.3 is 0 Å². The van der Waals surface area contributed by atoms with Crippen LogP contribution in [-0.2, 0) is 0 Å². The van der Waals surface area contributed by atoms with Crippen LogP contribution in [0, 0.1) is 0 Å². The van der Waals surface area contributed by atoms with Crippen molar-refractivity contribution in [2.75, 3.05) is 5.73 Å². The molecule has 0 spiro atoms. The summed E-state index contributed by atoms with van der Waals surface area (Å²) < 4.78 is 0. The van der Waals surface area contributed by atoms with Crippen LogP contribution in [0.3, 0.4) is 0 Å². The summed E-state index contributed by atoms with van der Waals surface area (Å²) in [6.45, 7) is 0. The predicted molar refractivity (Wildman–Crippen MR) is 55.6 cm³/mol. The van der Waals surface area contributed by atoms with Crippen LogP contribution in [0.4, 0.5) is 5.69 Å². The molecule has 2 N–H and O–H groups in total. The number of benzene rings is 2. The maximum atomic E-state index is 5.64. The van der Waals surface area contributed by atoms with Gasteiger partial charge in [0.15, 0.2) is 0 Å². The van der Waals surface area contributed by atoms with Crippen molar-refractivity contribution < 1.29 is 0 Å². The Bertz CT molecular complexity index is 382. The fourth-order valence-corrected chi connectivity index (χ4v) is 1.47. The Balaban J connectivity index is 2.79. The third kappa shape index (κ3) is 1.25. The summed E-state index contributed by atoms with van der Waals surface area (Å²) in [6, 6.07) is 11.9. The Labute approximate surface area is 76.6 Å². The Morgan fingerprint density at radius 3 is 2.42 bits per heavy atom. The van der Waals surface area contributed by atoms with Gasteiger partial charge in [-0.1, -0.05) is 12.1 Å². The number of fused-ring (bicyclic) bond motifs is 1. The average Bonchev–Trinajstić information content (AvgIpc) is 2.05. The predicted octanol–water partition coefficient (Wildman–Crippen LogP) is 2.71. The van der Waals surface area contributed by atoms with Crippen molar-refractivity contribution in [3.05, 3.63) is 36.4 Å². The molecule has 0 atom stereocenters. The second-order valence-electron chi connectivity index (χ2n) is 2.79. The van der Waals surface area contributed by atoms with Gasteiger partial charge in [-0.3, -0.25) is 0 Å². The van der Waals surface area contributed by atoms with Gasteiger partial charge < -0.3 is 5.73 Å².